The van der Waals surface area contributed by atoms with Crippen molar-refractivity contribution in [1.82, 2.24) is 30.2 Å². The molecule has 2 atom stereocenters. The number of carbonyl (C=O) groups excluding carboxylic acids is 2. The third kappa shape index (κ3) is 5.63. The second kappa shape index (κ2) is 11.1. The lowest BCUT2D eigenvalue weighted by Gasteiger charge is -2.24. The molecule has 0 bridgehead atoms. The number of pyridine rings is 1. The number of nitrogens with one attached hydrogen (secondary N) is 1. The quantitative estimate of drug-likeness (QED) is 0.356. The second-order valence-electron chi connectivity index (χ2n) is 9.07. The van der Waals surface area contributed by atoms with Crippen LogP contribution in [0.5, 0.6) is 0 Å². The van der Waals surface area contributed by atoms with Gasteiger partial charge in [-0.05, 0) is 42.2 Å². The molecule has 190 valence electrons. The Kier molecular flexibility index (Phi) is 7.43. The molecule has 1 fully saturated rings. The molecule has 2 aromatic carbocycles. The lowest BCUT2D eigenvalue weighted by atomic mass is 10.1. The number of para-hydroxylation sites is 1. The molecule has 1 N–H and O–H groups in total. The first-order valence-corrected chi connectivity index (χ1v) is 12.5. The van der Waals surface area contributed by atoms with Crippen molar-refractivity contribution >= 4 is 34.4 Å². The number of methoxy groups -OCH3 is 1. The van der Waals surface area contributed by atoms with Crippen LogP contribution >= 0.6 is 11.6 Å². The van der Waals surface area contributed by atoms with E-state index < -0.39 is 5.97 Å². The van der Waals surface area contributed by atoms with Crippen LogP contribution in [-0.4, -0.2) is 63.0 Å². The van der Waals surface area contributed by atoms with Gasteiger partial charge in [-0.25, -0.2) is 9.48 Å². The van der Waals surface area contributed by atoms with Gasteiger partial charge in [0.1, 0.15) is 0 Å². The summed E-state index contributed by atoms with van der Waals surface area (Å²) in [5, 5.41) is 12.9. The molecular weight excluding hydrogens is 492 g/mol. The highest BCUT2D eigenvalue weighted by atomic mass is 35.5. The molecule has 1 aliphatic heterocycles. The zero-order valence-corrected chi connectivity index (χ0v) is 21.1. The van der Waals surface area contributed by atoms with Crippen LogP contribution in [0.2, 0.25) is 5.02 Å². The van der Waals surface area contributed by atoms with Crippen LogP contribution in [0.25, 0.3) is 10.9 Å². The average molecular weight is 519 g/mol. The lowest BCUT2D eigenvalue weighted by molar-refractivity contribution is -0.125. The summed E-state index contributed by atoms with van der Waals surface area (Å²) >= 11 is 6.09. The summed E-state index contributed by atoms with van der Waals surface area (Å²) in [4.78, 5) is 32.0. The van der Waals surface area contributed by atoms with Gasteiger partial charge in [-0.1, -0.05) is 53.2 Å². The molecule has 0 saturated carbocycles. The van der Waals surface area contributed by atoms with Gasteiger partial charge in [-0.2, -0.15) is 0 Å². The summed E-state index contributed by atoms with van der Waals surface area (Å²) in [7, 11) is 1.31. The van der Waals surface area contributed by atoms with E-state index in [2.05, 4.69) is 25.5 Å². The largest absolute Gasteiger partial charge is 0.464 e. The van der Waals surface area contributed by atoms with Crippen molar-refractivity contribution in [2.45, 2.75) is 31.5 Å². The molecule has 1 aliphatic rings. The van der Waals surface area contributed by atoms with E-state index in [1.54, 1.807) is 17.1 Å². The molecular formula is C27H27ClN6O3. The van der Waals surface area contributed by atoms with Crippen LogP contribution in [-0.2, 0) is 22.5 Å². The lowest BCUT2D eigenvalue weighted by Crippen LogP contribution is -2.43. The van der Waals surface area contributed by atoms with E-state index in [0.29, 0.717) is 37.5 Å². The first-order valence-electron chi connectivity index (χ1n) is 12.1. The van der Waals surface area contributed by atoms with Gasteiger partial charge < -0.3 is 10.1 Å². The fourth-order valence-electron chi connectivity index (χ4n) is 4.83. The van der Waals surface area contributed by atoms with Gasteiger partial charge in [0.25, 0.3) is 0 Å². The summed E-state index contributed by atoms with van der Waals surface area (Å²) in [5.74, 6) is -0.593. The minimum atomic E-state index is -0.543. The normalized spacial score (nSPS) is 17.7. The molecule has 0 aliphatic carbocycles. The van der Waals surface area contributed by atoms with E-state index >= 15 is 0 Å². The van der Waals surface area contributed by atoms with E-state index in [-0.39, 0.29) is 23.7 Å². The van der Waals surface area contributed by atoms with Crippen LogP contribution < -0.4 is 5.32 Å². The maximum absolute atomic E-state index is 13.4. The van der Waals surface area contributed by atoms with Crippen LogP contribution in [0.1, 0.15) is 34.1 Å². The first-order chi connectivity index (χ1) is 18.0. The van der Waals surface area contributed by atoms with E-state index in [0.717, 1.165) is 22.0 Å². The number of hydrogen-bond acceptors (Lipinski definition) is 7. The number of carbonyl (C=O) groups is 2. The predicted octanol–water partition coefficient (Wildman–Crippen LogP) is 3.44. The molecule has 3 heterocycles. The maximum Gasteiger partial charge on any atom is 0.360 e. The van der Waals surface area contributed by atoms with Gasteiger partial charge >= 0.3 is 5.97 Å². The van der Waals surface area contributed by atoms with Gasteiger partial charge in [0.05, 0.1) is 30.9 Å². The number of likely N-dealkylation sites (tertiary alicyclic amines) is 1. The fraction of sp³-hybridized carbons (Fsp3) is 0.296. The Labute approximate surface area is 219 Å². The Morgan fingerprint density at radius 3 is 2.84 bits per heavy atom. The van der Waals surface area contributed by atoms with E-state index in [1.807, 2.05) is 54.6 Å². The maximum atomic E-state index is 13.4. The number of amides is 1. The van der Waals surface area contributed by atoms with Crippen molar-refractivity contribution in [3.05, 3.63) is 88.8 Å². The number of aromatic nitrogens is 4. The molecule has 37 heavy (non-hydrogen) atoms. The Balaban J connectivity index is 1.34. The highest BCUT2D eigenvalue weighted by Crippen LogP contribution is 2.30. The number of rotatable bonds is 8. The average Bonchev–Trinajstić information content (AvgIpc) is 3.56. The van der Waals surface area contributed by atoms with Crippen LogP contribution in [0.3, 0.4) is 0 Å². The van der Waals surface area contributed by atoms with Crippen LogP contribution in [0.4, 0.5) is 0 Å². The van der Waals surface area contributed by atoms with Crippen molar-refractivity contribution < 1.29 is 14.3 Å². The highest BCUT2D eigenvalue weighted by molar-refractivity contribution is 6.30. The number of hydrogen-bond donors (Lipinski definition) is 1. The Bertz CT molecular complexity index is 1420. The van der Waals surface area contributed by atoms with Gasteiger partial charge in [-0.15, -0.1) is 5.10 Å². The highest BCUT2D eigenvalue weighted by Gasteiger charge is 2.38. The standard InChI is InChI=1S/C27H27ClN6O3/c1-37-27(36)23-17-34(32-31-23)22-14-24(26(35)30-12-10-18-5-2-9-21(28)13-18)33(16-22)15-20-7-3-6-19-8-4-11-29-25(19)20/h2-9,11,13,17,22,24H,10,12,14-16H2,1H3,(H,30,35)/t22-,24-/m0/s1. The third-order valence-electron chi connectivity index (χ3n) is 6.65. The molecule has 0 unspecified atom stereocenters. The SMILES string of the molecule is COC(=O)c1cn([C@H]2C[C@@H](C(=O)NCCc3cccc(Cl)c3)N(Cc3cccc4cccnc34)C2)nn1. The Hall–Kier alpha value is -3.82. The molecule has 0 radical (unpaired) electrons. The van der Waals surface area contributed by atoms with Gasteiger partial charge in [0.15, 0.2) is 5.69 Å². The second-order valence-corrected chi connectivity index (χ2v) is 9.51. The van der Waals surface area contributed by atoms with Gasteiger partial charge in [-0.3, -0.25) is 14.7 Å². The minimum Gasteiger partial charge on any atom is -0.464 e. The number of halogens is 1. The van der Waals surface area contributed by atoms with Crippen LogP contribution in [0.15, 0.2) is 67.0 Å². The third-order valence-corrected chi connectivity index (χ3v) is 6.89. The van der Waals surface area contributed by atoms with E-state index in [1.165, 1.54) is 7.11 Å². The van der Waals surface area contributed by atoms with Crippen molar-refractivity contribution in [3.63, 3.8) is 0 Å². The monoisotopic (exact) mass is 518 g/mol. The van der Waals surface area contributed by atoms with Gasteiger partial charge in [0, 0.05) is 36.2 Å². The summed E-state index contributed by atoms with van der Waals surface area (Å²) < 4.78 is 6.41. The summed E-state index contributed by atoms with van der Waals surface area (Å²) in [6, 6.07) is 17.2. The molecule has 9 nitrogen and oxygen atoms in total. The van der Waals surface area contributed by atoms with E-state index in [4.69, 9.17) is 16.3 Å². The van der Waals surface area contributed by atoms with Crippen molar-refractivity contribution in [2.75, 3.05) is 20.2 Å². The predicted molar refractivity (Wildman–Crippen MR) is 139 cm³/mol. The Morgan fingerprint density at radius 1 is 1.16 bits per heavy atom. The van der Waals surface area contributed by atoms with Crippen molar-refractivity contribution in [2.24, 2.45) is 0 Å². The van der Waals surface area contributed by atoms with E-state index in [9.17, 15) is 9.59 Å². The zero-order chi connectivity index (χ0) is 25.8. The smallest absolute Gasteiger partial charge is 0.360 e. The first kappa shape index (κ1) is 24.9. The summed E-state index contributed by atoms with van der Waals surface area (Å²) in [6.45, 7) is 1.62. The van der Waals surface area contributed by atoms with Crippen molar-refractivity contribution in [1.29, 1.82) is 0 Å². The molecule has 4 aromatic rings. The number of esters is 1. The number of fused-ring (bicyclic) bond motifs is 1. The Morgan fingerprint density at radius 2 is 2.00 bits per heavy atom. The molecule has 1 amide bonds. The van der Waals surface area contributed by atoms with Gasteiger partial charge in [0.2, 0.25) is 5.91 Å². The molecule has 10 heteroatoms. The fourth-order valence-corrected chi connectivity index (χ4v) is 5.04. The molecule has 0 spiro atoms. The van der Waals surface area contributed by atoms with Crippen LogP contribution in [0, 0.1) is 0 Å². The molecule has 2 aromatic heterocycles. The summed E-state index contributed by atoms with van der Waals surface area (Å²) in [6.07, 6.45) is 4.57. The number of ether oxygens (including phenoxy) is 1. The van der Waals surface area contributed by atoms with Crippen molar-refractivity contribution in [3.8, 4) is 0 Å². The molecule has 5 rings (SSSR count). The minimum absolute atomic E-state index is 0.0500. The topological polar surface area (TPSA) is 102 Å². The molecule has 1 saturated heterocycles. The zero-order valence-electron chi connectivity index (χ0n) is 20.4. The summed E-state index contributed by atoms with van der Waals surface area (Å²) in [5.41, 5.74) is 3.17. The number of benzene rings is 2. The number of nitrogens with zero attached hydrogens (tertiary/aromatic N) is 5.